The number of amides is 1. The fourth-order valence-electron chi connectivity index (χ4n) is 2.54. The monoisotopic (exact) mass is 389 g/mol. The Labute approximate surface area is 155 Å². The van der Waals surface area contributed by atoms with Crippen LogP contribution in [0.15, 0.2) is 0 Å². The van der Waals surface area contributed by atoms with Crippen molar-refractivity contribution in [2.75, 3.05) is 6.61 Å². The predicted octanol–water partition coefficient (Wildman–Crippen LogP) is -0.794. The second kappa shape index (κ2) is 9.86. The van der Waals surface area contributed by atoms with Gasteiger partial charge >= 0.3 is 23.9 Å². The van der Waals surface area contributed by atoms with Gasteiger partial charge in [-0.05, 0) is 0 Å². The highest BCUT2D eigenvalue weighted by Gasteiger charge is 2.52. The lowest BCUT2D eigenvalue weighted by molar-refractivity contribution is -0.256. The molecule has 0 saturated carbocycles. The van der Waals surface area contributed by atoms with E-state index in [4.69, 9.17) is 23.7 Å². The lowest BCUT2D eigenvalue weighted by Gasteiger charge is -2.44. The highest BCUT2D eigenvalue weighted by Crippen LogP contribution is 2.28. The molecule has 0 bridgehead atoms. The predicted molar refractivity (Wildman–Crippen MR) is 85.8 cm³/mol. The minimum atomic E-state index is -1.30. The molecule has 152 valence electrons. The molecule has 1 heterocycles. The lowest BCUT2D eigenvalue weighted by Crippen LogP contribution is -2.66. The van der Waals surface area contributed by atoms with Gasteiger partial charge in [0, 0.05) is 34.6 Å². The molecule has 27 heavy (non-hydrogen) atoms. The average molecular weight is 389 g/mol. The highest BCUT2D eigenvalue weighted by molar-refractivity contribution is 5.73. The van der Waals surface area contributed by atoms with Crippen LogP contribution >= 0.6 is 0 Å². The van der Waals surface area contributed by atoms with E-state index < -0.39 is 60.4 Å². The summed E-state index contributed by atoms with van der Waals surface area (Å²) in [7, 11) is 0. The Balaban J connectivity index is 3.29. The van der Waals surface area contributed by atoms with Gasteiger partial charge in [-0.2, -0.15) is 0 Å². The van der Waals surface area contributed by atoms with Crippen molar-refractivity contribution in [2.45, 2.75) is 65.3 Å². The van der Waals surface area contributed by atoms with Crippen molar-refractivity contribution in [1.29, 1.82) is 0 Å². The summed E-state index contributed by atoms with van der Waals surface area (Å²) in [5.74, 6) is -3.36. The van der Waals surface area contributed by atoms with Crippen LogP contribution in [-0.2, 0) is 47.7 Å². The van der Waals surface area contributed by atoms with E-state index in [2.05, 4.69) is 5.32 Å². The molecular formula is C16H23NO10. The Morgan fingerprint density at radius 2 is 1.22 bits per heavy atom. The Kier molecular flexibility index (Phi) is 8.16. The number of ether oxygens (including phenoxy) is 5. The molecule has 0 spiro atoms. The second-order valence-corrected chi connectivity index (χ2v) is 5.82. The Hall–Kier alpha value is -2.69. The normalized spacial score (nSPS) is 27.1. The van der Waals surface area contributed by atoms with Crippen molar-refractivity contribution in [3.05, 3.63) is 0 Å². The average Bonchev–Trinajstić information content (AvgIpc) is 2.49. The van der Waals surface area contributed by atoms with E-state index in [9.17, 15) is 24.0 Å². The number of hydrogen-bond donors (Lipinski definition) is 1. The molecule has 11 nitrogen and oxygen atoms in total. The number of hydrogen-bond acceptors (Lipinski definition) is 10. The first kappa shape index (κ1) is 22.4. The molecule has 1 amide bonds. The number of carbonyl (C=O) groups excluding carboxylic acids is 5. The van der Waals surface area contributed by atoms with Crippen molar-refractivity contribution in [3.63, 3.8) is 0 Å². The maximum atomic E-state index is 11.6. The topological polar surface area (TPSA) is 144 Å². The van der Waals surface area contributed by atoms with Crippen molar-refractivity contribution < 1.29 is 47.7 Å². The van der Waals surface area contributed by atoms with Gasteiger partial charge in [-0.25, -0.2) is 0 Å². The first-order valence-corrected chi connectivity index (χ1v) is 8.08. The maximum Gasteiger partial charge on any atom is 0.303 e. The fraction of sp³-hybridized carbons (Fsp3) is 0.688. The third-order valence-electron chi connectivity index (χ3n) is 3.34. The van der Waals surface area contributed by atoms with Crippen LogP contribution in [0.1, 0.15) is 34.6 Å². The second-order valence-electron chi connectivity index (χ2n) is 5.82. The van der Waals surface area contributed by atoms with Crippen LogP contribution in [0.5, 0.6) is 0 Å². The third kappa shape index (κ3) is 7.21. The summed E-state index contributed by atoms with van der Waals surface area (Å²) in [6, 6.07) is 0. The third-order valence-corrected chi connectivity index (χ3v) is 3.34. The van der Waals surface area contributed by atoms with E-state index in [1.807, 2.05) is 0 Å². The first-order valence-electron chi connectivity index (χ1n) is 8.08. The quantitative estimate of drug-likeness (QED) is 0.453. The van der Waals surface area contributed by atoms with Gasteiger partial charge in [0.05, 0.1) is 0 Å². The molecule has 0 aromatic rings. The van der Waals surface area contributed by atoms with Crippen molar-refractivity contribution in [1.82, 2.24) is 5.32 Å². The zero-order valence-corrected chi connectivity index (χ0v) is 15.7. The zero-order valence-electron chi connectivity index (χ0n) is 15.7. The minimum absolute atomic E-state index is 0.353. The molecule has 5 atom stereocenters. The molecular weight excluding hydrogens is 366 g/mol. The van der Waals surface area contributed by atoms with Gasteiger partial charge in [0.15, 0.2) is 24.5 Å². The van der Waals surface area contributed by atoms with Crippen LogP contribution in [0.25, 0.3) is 0 Å². The molecule has 1 rings (SSSR count). The minimum Gasteiger partial charge on any atom is -0.463 e. The van der Waals surface area contributed by atoms with Gasteiger partial charge in [-0.15, -0.1) is 0 Å². The summed E-state index contributed by atoms with van der Waals surface area (Å²) >= 11 is 0. The summed E-state index contributed by atoms with van der Waals surface area (Å²) in [6.45, 7) is 5.36. The molecule has 0 aromatic heterocycles. The standard InChI is InChI=1S/C16H23NO10/c1-7(18)17-16-15(26-11(5)22)14(25-10(4)21)13(24-9(3)20)12(27-16)6-23-8(2)19/h12-16H,6H2,1-5H3,(H,17,18)/t12?,13-,14+,15?,16+/m1/s1. The lowest BCUT2D eigenvalue weighted by atomic mass is 9.97. The number of carbonyl (C=O) groups is 5. The molecule has 0 aliphatic carbocycles. The van der Waals surface area contributed by atoms with E-state index in [0.717, 1.165) is 20.8 Å². The summed E-state index contributed by atoms with van der Waals surface area (Å²) in [5.41, 5.74) is 0. The zero-order chi connectivity index (χ0) is 20.7. The fourth-order valence-corrected chi connectivity index (χ4v) is 2.54. The van der Waals surface area contributed by atoms with Gasteiger partial charge in [0.25, 0.3) is 0 Å². The number of nitrogens with one attached hydrogen (secondary N) is 1. The molecule has 1 aliphatic heterocycles. The van der Waals surface area contributed by atoms with Crippen molar-refractivity contribution in [3.8, 4) is 0 Å². The highest BCUT2D eigenvalue weighted by atomic mass is 16.7. The SMILES string of the molecule is CC(=O)N[C@H]1OC(COC(C)=O)[C@@H](OC(C)=O)[C@H](OC(C)=O)C1OC(C)=O. The van der Waals surface area contributed by atoms with Gasteiger partial charge in [-0.1, -0.05) is 0 Å². The van der Waals surface area contributed by atoms with Crippen molar-refractivity contribution >= 4 is 29.8 Å². The van der Waals surface area contributed by atoms with Gasteiger partial charge in [0.2, 0.25) is 5.91 Å². The van der Waals surface area contributed by atoms with Crippen LogP contribution in [0, 0.1) is 0 Å². The molecule has 0 radical (unpaired) electrons. The molecule has 11 heteroatoms. The molecule has 1 fully saturated rings. The summed E-state index contributed by atoms with van der Waals surface area (Å²) in [5, 5.41) is 2.42. The van der Waals surface area contributed by atoms with Crippen LogP contribution < -0.4 is 5.32 Å². The Morgan fingerprint density at radius 3 is 1.67 bits per heavy atom. The Bertz CT molecular complexity index is 604. The summed E-state index contributed by atoms with van der Waals surface area (Å²) in [6.07, 6.45) is -6.18. The van der Waals surface area contributed by atoms with E-state index in [-0.39, 0.29) is 6.61 Å². The van der Waals surface area contributed by atoms with Crippen LogP contribution in [0.3, 0.4) is 0 Å². The van der Waals surface area contributed by atoms with E-state index >= 15 is 0 Å². The number of esters is 4. The maximum absolute atomic E-state index is 11.6. The molecule has 0 aromatic carbocycles. The summed E-state index contributed by atoms with van der Waals surface area (Å²) in [4.78, 5) is 57.2. The van der Waals surface area contributed by atoms with Gasteiger partial charge in [-0.3, -0.25) is 24.0 Å². The largest absolute Gasteiger partial charge is 0.463 e. The van der Waals surface area contributed by atoms with E-state index in [1.54, 1.807) is 0 Å². The van der Waals surface area contributed by atoms with E-state index in [0.29, 0.717) is 0 Å². The molecule has 1 saturated heterocycles. The van der Waals surface area contributed by atoms with E-state index in [1.165, 1.54) is 13.8 Å². The van der Waals surface area contributed by atoms with Crippen LogP contribution in [0.4, 0.5) is 0 Å². The van der Waals surface area contributed by atoms with Crippen LogP contribution in [-0.4, -0.2) is 67.0 Å². The number of rotatable bonds is 6. The van der Waals surface area contributed by atoms with Crippen molar-refractivity contribution in [2.24, 2.45) is 0 Å². The molecule has 1 aliphatic rings. The molecule has 2 unspecified atom stereocenters. The first-order chi connectivity index (χ1) is 12.5. The smallest absolute Gasteiger partial charge is 0.303 e. The molecule has 1 N–H and O–H groups in total. The summed E-state index contributed by atoms with van der Waals surface area (Å²) < 4.78 is 26.1. The van der Waals surface area contributed by atoms with Gasteiger partial charge in [0.1, 0.15) is 12.7 Å². The van der Waals surface area contributed by atoms with Gasteiger partial charge < -0.3 is 29.0 Å². The van der Waals surface area contributed by atoms with Crippen LogP contribution in [0.2, 0.25) is 0 Å². The Morgan fingerprint density at radius 1 is 0.741 bits per heavy atom.